The van der Waals surface area contributed by atoms with E-state index in [0.29, 0.717) is 0 Å². The highest BCUT2D eigenvalue weighted by Gasteiger charge is 2.24. The highest BCUT2D eigenvalue weighted by atomic mass is 16.3. The summed E-state index contributed by atoms with van der Waals surface area (Å²) < 4.78 is 0. The van der Waals surface area contributed by atoms with Gasteiger partial charge in [-0.2, -0.15) is 0 Å². The van der Waals surface area contributed by atoms with E-state index in [9.17, 15) is 5.11 Å². The minimum atomic E-state index is -0.914. The van der Waals surface area contributed by atoms with Gasteiger partial charge in [0.25, 0.3) is 0 Å². The van der Waals surface area contributed by atoms with Crippen LogP contribution in [0.2, 0.25) is 0 Å². The summed E-state index contributed by atoms with van der Waals surface area (Å²) in [5, 5.41) is 10.5. The maximum Gasteiger partial charge on any atom is 0.112 e. The molecule has 0 bridgehead atoms. The van der Waals surface area contributed by atoms with E-state index in [1.165, 1.54) is 5.69 Å². The predicted molar refractivity (Wildman–Crippen MR) is 119 cm³/mol. The van der Waals surface area contributed by atoms with Crippen LogP contribution in [0.1, 0.15) is 31.9 Å². The number of anilines is 1. The first-order chi connectivity index (χ1) is 13.6. The Morgan fingerprint density at radius 3 is 1.36 bits per heavy atom. The summed E-state index contributed by atoms with van der Waals surface area (Å²) in [5.41, 5.74) is 2.23. The van der Waals surface area contributed by atoms with Crippen LogP contribution in [0.4, 0.5) is 5.69 Å². The summed E-state index contributed by atoms with van der Waals surface area (Å²) in [7, 11) is 0. The molecule has 148 valence electrons. The molecule has 3 aromatic carbocycles. The van der Waals surface area contributed by atoms with Crippen molar-refractivity contribution in [3.8, 4) is 0 Å². The maximum atomic E-state index is 10.5. The number of benzene rings is 3. The molecule has 3 aromatic rings. The Morgan fingerprint density at radius 2 is 1.04 bits per heavy atom. The van der Waals surface area contributed by atoms with E-state index in [4.69, 9.17) is 4.79 Å². The van der Waals surface area contributed by atoms with E-state index in [2.05, 4.69) is 43.0 Å². The first-order valence-corrected chi connectivity index (χ1v) is 9.51. The molecule has 0 heterocycles. The first kappa shape index (κ1) is 23.1. The molecule has 1 N–H and O–H groups in total. The van der Waals surface area contributed by atoms with Gasteiger partial charge in [-0.3, -0.25) is 0 Å². The summed E-state index contributed by atoms with van der Waals surface area (Å²) >= 11 is 0. The van der Waals surface area contributed by atoms with Crippen LogP contribution in [0.5, 0.6) is 0 Å². The SMILES string of the molecule is C=O.CC(O)(c1ccccc1)c1ccccc1.CCN(CC)c1ccccc1. The van der Waals surface area contributed by atoms with Gasteiger partial charge in [0.05, 0.1) is 0 Å². The molecule has 3 rings (SSSR count). The van der Waals surface area contributed by atoms with E-state index in [1.54, 1.807) is 0 Å². The van der Waals surface area contributed by atoms with E-state index in [-0.39, 0.29) is 0 Å². The van der Waals surface area contributed by atoms with Gasteiger partial charge in [0.2, 0.25) is 0 Å². The minimum absolute atomic E-state index is 0.913. The van der Waals surface area contributed by atoms with Crippen molar-refractivity contribution in [2.75, 3.05) is 18.0 Å². The highest BCUT2D eigenvalue weighted by molar-refractivity contribution is 5.45. The Labute approximate surface area is 169 Å². The third-order valence-electron chi connectivity index (χ3n) is 4.56. The fourth-order valence-corrected chi connectivity index (χ4v) is 2.92. The van der Waals surface area contributed by atoms with E-state index in [1.807, 2.05) is 80.4 Å². The van der Waals surface area contributed by atoms with Crippen LogP contribution in [0.15, 0.2) is 91.0 Å². The molecule has 0 radical (unpaired) electrons. The molecule has 0 aromatic heterocycles. The predicted octanol–water partition coefficient (Wildman–Crippen LogP) is 5.29. The smallest absolute Gasteiger partial charge is 0.112 e. The van der Waals surface area contributed by atoms with Crippen molar-refractivity contribution in [3.05, 3.63) is 102 Å². The van der Waals surface area contributed by atoms with Gasteiger partial charge in [-0.25, -0.2) is 0 Å². The standard InChI is InChI=1S/C14H14O.C10H15N.CH2O/c1-14(15,12-8-4-2-5-9-12)13-10-6-3-7-11-13;1-3-11(4-2)10-8-6-5-7-9-10;1-2/h2-11,15H,1H3;5-9H,3-4H2,1-2H3;1H2. The molecule has 0 aliphatic carbocycles. The third-order valence-corrected chi connectivity index (χ3v) is 4.56. The zero-order valence-corrected chi connectivity index (χ0v) is 17.1. The zero-order valence-electron chi connectivity index (χ0n) is 17.1. The fourth-order valence-electron chi connectivity index (χ4n) is 2.92. The van der Waals surface area contributed by atoms with Crippen molar-refractivity contribution in [3.63, 3.8) is 0 Å². The molecular weight excluding hydrogens is 346 g/mol. The van der Waals surface area contributed by atoms with Crippen molar-refractivity contribution in [2.45, 2.75) is 26.4 Å². The molecule has 0 amide bonds. The van der Waals surface area contributed by atoms with Crippen LogP contribution < -0.4 is 4.90 Å². The van der Waals surface area contributed by atoms with Gasteiger partial charge in [-0.15, -0.1) is 0 Å². The average Bonchev–Trinajstić information content (AvgIpc) is 2.78. The zero-order chi connectivity index (χ0) is 20.8. The molecule has 0 unspecified atom stereocenters. The van der Waals surface area contributed by atoms with E-state index < -0.39 is 5.60 Å². The van der Waals surface area contributed by atoms with E-state index >= 15 is 0 Å². The van der Waals surface area contributed by atoms with Gasteiger partial charge >= 0.3 is 0 Å². The minimum Gasteiger partial charge on any atom is -0.381 e. The van der Waals surface area contributed by atoms with Gasteiger partial charge < -0.3 is 14.8 Å². The molecule has 3 nitrogen and oxygen atoms in total. The number of hydrogen-bond acceptors (Lipinski definition) is 3. The number of nitrogens with zero attached hydrogens (tertiary/aromatic N) is 1. The van der Waals surface area contributed by atoms with Crippen molar-refractivity contribution >= 4 is 12.5 Å². The third kappa shape index (κ3) is 6.67. The summed E-state index contributed by atoms with van der Waals surface area (Å²) in [4.78, 5) is 10.3. The van der Waals surface area contributed by atoms with Crippen LogP contribution in [0, 0.1) is 0 Å². The largest absolute Gasteiger partial charge is 0.381 e. The Bertz CT molecular complexity index is 713. The summed E-state index contributed by atoms with van der Waals surface area (Å²) in [6.45, 7) is 10.3. The second kappa shape index (κ2) is 12.5. The van der Waals surface area contributed by atoms with Crippen LogP contribution in [-0.2, 0) is 10.4 Å². The van der Waals surface area contributed by atoms with Crippen molar-refractivity contribution in [1.82, 2.24) is 0 Å². The second-order valence-corrected chi connectivity index (χ2v) is 6.31. The lowest BCUT2D eigenvalue weighted by Crippen LogP contribution is -2.22. The highest BCUT2D eigenvalue weighted by Crippen LogP contribution is 2.28. The number of rotatable bonds is 5. The molecule has 0 fully saturated rings. The maximum absolute atomic E-state index is 10.5. The quantitative estimate of drug-likeness (QED) is 0.657. The number of hydrogen-bond donors (Lipinski definition) is 1. The summed E-state index contributed by atoms with van der Waals surface area (Å²) in [5.74, 6) is 0. The Hall–Kier alpha value is -2.91. The number of carbonyl (C=O) groups is 1. The Kier molecular flexibility index (Phi) is 10.3. The molecule has 3 heteroatoms. The monoisotopic (exact) mass is 377 g/mol. The molecule has 28 heavy (non-hydrogen) atoms. The first-order valence-electron chi connectivity index (χ1n) is 9.51. The van der Waals surface area contributed by atoms with Gasteiger partial charge in [0.1, 0.15) is 12.4 Å². The van der Waals surface area contributed by atoms with Crippen molar-refractivity contribution in [1.29, 1.82) is 0 Å². The van der Waals surface area contributed by atoms with Crippen LogP contribution in [0.3, 0.4) is 0 Å². The van der Waals surface area contributed by atoms with Crippen molar-refractivity contribution in [2.24, 2.45) is 0 Å². The van der Waals surface area contributed by atoms with Crippen LogP contribution in [-0.4, -0.2) is 25.0 Å². The summed E-state index contributed by atoms with van der Waals surface area (Å²) in [6.07, 6.45) is 0. The summed E-state index contributed by atoms with van der Waals surface area (Å²) in [6, 6.07) is 29.9. The molecule has 0 saturated carbocycles. The van der Waals surface area contributed by atoms with Gasteiger partial charge in [0, 0.05) is 18.8 Å². The van der Waals surface area contributed by atoms with Crippen molar-refractivity contribution < 1.29 is 9.90 Å². The Balaban J connectivity index is 0.000000268. The topological polar surface area (TPSA) is 40.5 Å². The molecule has 0 saturated heterocycles. The molecule has 0 aliphatic heterocycles. The molecule has 0 atom stereocenters. The lowest BCUT2D eigenvalue weighted by molar-refractivity contribution is -0.0979. The Morgan fingerprint density at radius 1 is 0.714 bits per heavy atom. The molecular formula is C25H31NO2. The van der Waals surface area contributed by atoms with Gasteiger partial charge in [-0.1, -0.05) is 78.9 Å². The lowest BCUT2D eigenvalue weighted by atomic mass is 9.88. The number of para-hydroxylation sites is 1. The van der Waals surface area contributed by atoms with Crippen LogP contribution in [0.25, 0.3) is 0 Å². The van der Waals surface area contributed by atoms with Gasteiger partial charge in [0.15, 0.2) is 0 Å². The average molecular weight is 378 g/mol. The molecule has 0 aliphatic rings. The van der Waals surface area contributed by atoms with Crippen LogP contribution >= 0.6 is 0 Å². The molecule has 0 spiro atoms. The van der Waals surface area contributed by atoms with Gasteiger partial charge in [-0.05, 0) is 44.0 Å². The lowest BCUT2D eigenvalue weighted by Gasteiger charge is -2.24. The van der Waals surface area contributed by atoms with E-state index in [0.717, 1.165) is 24.2 Å². The normalized spacial score (nSPS) is 10.0. The second-order valence-electron chi connectivity index (χ2n) is 6.31. The fraction of sp³-hybridized carbons (Fsp3) is 0.240. The number of aliphatic hydroxyl groups is 1. The number of carbonyl (C=O) groups excluding carboxylic acids is 1.